The SMILES string of the molecule is CCC(C(=O)NC(C)COc1ccc(C)cc1)N(c1ccc(C)cc1)S(C)(=O)=O. The first kappa shape index (κ1) is 22.7. The summed E-state index contributed by atoms with van der Waals surface area (Å²) in [5.41, 5.74) is 2.63. The van der Waals surface area contributed by atoms with Crippen LogP contribution >= 0.6 is 0 Å². The number of benzene rings is 2. The zero-order valence-electron chi connectivity index (χ0n) is 17.7. The number of hydrogen-bond donors (Lipinski definition) is 1. The Morgan fingerprint density at radius 1 is 1.03 bits per heavy atom. The fourth-order valence-electron chi connectivity index (χ4n) is 2.99. The van der Waals surface area contributed by atoms with Gasteiger partial charge in [-0.3, -0.25) is 9.10 Å². The number of ether oxygens (including phenoxy) is 1. The summed E-state index contributed by atoms with van der Waals surface area (Å²) >= 11 is 0. The summed E-state index contributed by atoms with van der Waals surface area (Å²) in [6, 6.07) is 13.6. The molecule has 0 saturated heterocycles. The second-order valence-electron chi connectivity index (χ2n) is 7.35. The minimum absolute atomic E-state index is 0.280. The molecule has 2 atom stereocenters. The summed E-state index contributed by atoms with van der Waals surface area (Å²) in [4.78, 5) is 12.9. The summed E-state index contributed by atoms with van der Waals surface area (Å²) < 4.78 is 31.8. The Morgan fingerprint density at radius 3 is 2.03 bits per heavy atom. The molecule has 0 aliphatic rings. The summed E-state index contributed by atoms with van der Waals surface area (Å²) in [5, 5.41) is 2.88. The molecule has 6 nitrogen and oxygen atoms in total. The van der Waals surface area contributed by atoms with Gasteiger partial charge in [0, 0.05) is 0 Å². The molecule has 0 aliphatic heterocycles. The monoisotopic (exact) mass is 418 g/mol. The molecule has 0 radical (unpaired) electrons. The number of sulfonamides is 1. The molecule has 1 amide bonds. The zero-order valence-corrected chi connectivity index (χ0v) is 18.5. The van der Waals surface area contributed by atoms with Crippen LogP contribution in [0.1, 0.15) is 31.4 Å². The number of hydrogen-bond acceptors (Lipinski definition) is 4. The Bertz CT molecular complexity index is 909. The van der Waals surface area contributed by atoms with Gasteiger partial charge in [0.2, 0.25) is 15.9 Å². The third kappa shape index (κ3) is 6.49. The van der Waals surface area contributed by atoms with Crippen molar-refractivity contribution in [2.75, 3.05) is 17.2 Å². The van der Waals surface area contributed by atoms with Gasteiger partial charge in [-0.2, -0.15) is 0 Å². The topological polar surface area (TPSA) is 75.7 Å². The molecule has 0 heterocycles. The highest BCUT2D eigenvalue weighted by molar-refractivity contribution is 7.92. The van der Waals surface area contributed by atoms with E-state index in [1.165, 1.54) is 4.31 Å². The number of rotatable bonds is 9. The quantitative estimate of drug-likeness (QED) is 0.677. The minimum atomic E-state index is -3.64. The van der Waals surface area contributed by atoms with Crippen molar-refractivity contribution in [3.63, 3.8) is 0 Å². The lowest BCUT2D eigenvalue weighted by atomic mass is 10.1. The lowest BCUT2D eigenvalue weighted by Crippen LogP contribution is -2.52. The highest BCUT2D eigenvalue weighted by atomic mass is 32.2. The molecule has 0 aromatic heterocycles. The van der Waals surface area contributed by atoms with E-state index in [4.69, 9.17) is 4.74 Å². The molecule has 2 aromatic rings. The van der Waals surface area contributed by atoms with Crippen molar-refractivity contribution in [3.05, 3.63) is 59.7 Å². The van der Waals surface area contributed by atoms with Crippen molar-refractivity contribution in [1.29, 1.82) is 0 Å². The Morgan fingerprint density at radius 2 is 1.55 bits per heavy atom. The van der Waals surface area contributed by atoms with Crippen molar-refractivity contribution < 1.29 is 17.9 Å². The van der Waals surface area contributed by atoms with Gasteiger partial charge in [-0.25, -0.2) is 8.42 Å². The third-order valence-electron chi connectivity index (χ3n) is 4.53. The zero-order chi connectivity index (χ0) is 21.6. The van der Waals surface area contributed by atoms with E-state index in [0.29, 0.717) is 12.1 Å². The predicted octanol–water partition coefficient (Wildman–Crippen LogP) is 3.43. The van der Waals surface area contributed by atoms with E-state index in [1.807, 2.05) is 57.2 Å². The van der Waals surface area contributed by atoms with Gasteiger partial charge in [-0.15, -0.1) is 0 Å². The third-order valence-corrected chi connectivity index (χ3v) is 5.71. The first-order valence-corrected chi connectivity index (χ1v) is 11.5. The number of aryl methyl sites for hydroxylation is 2. The van der Waals surface area contributed by atoms with E-state index in [0.717, 1.165) is 23.1 Å². The van der Waals surface area contributed by atoms with Gasteiger partial charge in [-0.05, 0) is 51.5 Å². The van der Waals surface area contributed by atoms with Crippen molar-refractivity contribution in [2.24, 2.45) is 0 Å². The van der Waals surface area contributed by atoms with Gasteiger partial charge in [0.1, 0.15) is 18.4 Å². The van der Waals surface area contributed by atoms with Crippen LogP contribution in [-0.4, -0.2) is 39.3 Å². The van der Waals surface area contributed by atoms with Gasteiger partial charge in [0.25, 0.3) is 0 Å². The molecule has 29 heavy (non-hydrogen) atoms. The van der Waals surface area contributed by atoms with E-state index in [-0.39, 0.29) is 18.6 Å². The van der Waals surface area contributed by atoms with Crippen LogP contribution in [0.2, 0.25) is 0 Å². The van der Waals surface area contributed by atoms with Crippen LogP contribution in [0.5, 0.6) is 5.75 Å². The van der Waals surface area contributed by atoms with Gasteiger partial charge in [-0.1, -0.05) is 42.3 Å². The Balaban J connectivity index is 2.09. The normalized spacial score (nSPS) is 13.4. The molecule has 1 N–H and O–H groups in total. The van der Waals surface area contributed by atoms with Crippen LogP contribution in [0.4, 0.5) is 5.69 Å². The highest BCUT2D eigenvalue weighted by Gasteiger charge is 2.32. The maximum atomic E-state index is 12.9. The molecule has 2 rings (SSSR count). The van der Waals surface area contributed by atoms with E-state index < -0.39 is 16.1 Å². The number of amides is 1. The van der Waals surface area contributed by atoms with E-state index in [2.05, 4.69) is 5.32 Å². The van der Waals surface area contributed by atoms with Crippen molar-refractivity contribution in [3.8, 4) is 5.75 Å². The first-order valence-electron chi connectivity index (χ1n) is 9.67. The summed E-state index contributed by atoms with van der Waals surface area (Å²) in [6.07, 6.45) is 1.46. The van der Waals surface area contributed by atoms with Gasteiger partial charge < -0.3 is 10.1 Å². The van der Waals surface area contributed by atoms with E-state index in [1.54, 1.807) is 19.1 Å². The largest absolute Gasteiger partial charge is 0.491 e. The summed E-state index contributed by atoms with van der Waals surface area (Å²) in [7, 11) is -3.64. The molecule has 0 aliphatic carbocycles. The molecule has 2 unspecified atom stereocenters. The van der Waals surface area contributed by atoms with E-state index in [9.17, 15) is 13.2 Å². The highest BCUT2D eigenvalue weighted by Crippen LogP contribution is 2.23. The van der Waals surface area contributed by atoms with Crippen LogP contribution in [0.15, 0.2) is 48.5 Å². The average molecular weight is 419 g/mol. The number of carbonyl (C=O) groups excluding carboxylic acids is 1. The molecule has 0 fully saturated rings. The smallest absolute Gasteiger partial charge is 0.244 e. The molecule has 0 bridgehead atoms. The van der Waals surface area contributed by atoms with Crippen molar-refractivity contribution >= 4 is 21.6 Å². The van der Waals surface area contributed by atoms with Crippen LogP contribution in [0, 0.1) is 13.8 Å². The number of carbonyl (C=O) groups is 1. The lowest BCUT2D eigenvalue weighted by Gasteiger charge is -2.31. The average Bonchev–Trinajstić information content (AvgIpc) is 2.65. The predicted molar refractivity (Wildman–Crippen MR) is 117 cm³/mol. The standard InChI is InChI=1S/C22H30N2O4S/c1-6-21(24(29(5,26)27)19-11-7-16(2)8-12-19)22(25)23-18(4)15-28-20-13-9-17(3)10-14-20/h7-14,18,21H,6,15H2,1-5H3,(H,23,25). The Labute approximate surface area is 173 Å². The maximum absolute atomic E-state index is 12.9. The van der Waals surface area contributed by atoms with Gasteiger partial charge in [0.05, 0.1) is 18.0 Å². The second-order valence-corrected chi connectivity index (χ2v) is 9.21. The maximum Gasteiger partial charge on any atom is 0.244 e. The van der Waals surface area contributed by atoms with Crippen LogP contribution in [0.25, 0.3) is 0 Å². The molecular formula is C22H30N2O4S. The van der Waals surface area contributed by atoms with E-state index >= 15 is 0 Å². The fraction of sp³-hybridized carbons (Fsp3) is 0.409. The van der Waals surface area contributed by atoms with Crippen molar-refractivity contribution in [1.82, 2.24) is 5.32 Å². The van der Waals surface area contributed by atoms with Crippen LogP contribution < -0.4 is 14.4 Å². The fourth-order valence-corrected chi connectivity index (χ4v) is 4.20. The summed E-state index contributed by atoms with van der Waals surface area (Å²) in [6.45, 7) is 7.83. The Hall–Kier alpha value is -2.54. The van der Waals surface area contributed by atoms with Crippen molar-refractivity contribution in [2.45, 2.75) is 46.2 Å². The van der Waals surface area contributed by atoms with Gasteiger partial charge in [0.15, 0.2) is 0 Å². The molecule has 158 valence electrons. The van der Waals surface area contributed by atoms with Crippen LogP contribution in [0.3, 0.4) is 0 Å². The number of anilines is 1. The molecular weight excluding hydrogens is 388 g/mol. The second kappa shape index (κ2) is 9.78. The molecule has 7 heteroatoms. The number of nitrogens with one attached hydrogen (secondary N) is 1. The number of nitrogens with zero attached hydrogens (tertiary/aromatic N) is 1. The molecule has 0 saturated carbocycles. The Kier molecular flexibility index (Phi) is 7.67. The lowest BCUT2D eigenvalue weighted by molar-refractivity contribution is -0.123. The van der Waals surface area contributed by atoms with Gasteiger partial charge >= 0.3 is 0 Å². The molecule has 2 aromatic carbocycles. The van der Waals surface area contributed by atoms with Crippen LogP contribution in [-0.2, 0) is 14.8 Å². The first-order chi connectivity index (χ1) is 13.6. The minimum Gasteiger partial charge on any atom is -0.491 e. The summed E-state index contributed by atoms with van der Waals surface area (Å²) in [5.74, 6) is 0.375. The molecule has 0 spiro atoms.